The fraction of sp³-hybridized carbons (Fsp3) is 0.0909. The van der Waals surface area contributed by atoms with E-state index in [1.54, 1.807) is 24.3 Å². The smallest absolute Gasteiger partial charge is 0.252 e. The van der Waals surface area contributed by atoms with E-state index in [9.17, 15) is 9.59 Å². The number of terminal acetylenes is 1. The molecule has 3 heteroatoms. The standard InChI is InChI=1S/C11H9NO2/c1-2-7-12-11(14)10-6-4-3-5-9(10)8-13/h1,3-6,8H,7H2,(H,12,14). The summed E-state index contributed by atoms with van der Waals surface area (Å²) in [5.41, 5.74) is 0.708. The van der Waals surface area contributed by atoms with Gasteiger partial charge in [-0.25, -0.2) is 0 Å². The lowest BCUT2D eigenvalue weighted by Gasteiger charge is -2.03. The molecule has 0 heterocycles. The van der Waals surface area contributed by atoms with Gasteiger partial charge in [0.1, 0.15) is 0 Å². The zero-order valence-electron chi connectivity index (χ0n) is 7.49. The minimum absolute atomic E-state index is 0.159. The van der Waals surface area contributed by atoms with Crippen molar-refractivity contribution in [2.24, 2.45) is 0 Å². The molecule has 0 saturated carbocycles. The molecular formula is C11H9NO2. The highest BCUT2D eigenvalue weighted by Gasteiger charge is 2.08. The van der Waals surface area contributed by atoms with Gasteiger partial charge in [-0.1, -0.05) is 24.1 Å². The largest absolute Gasteiger partial charge is 0.341 e. The van der Waals surface area contributed by atoms with Gasteiger partial charge in [0.25, 0.3) is 5.91 Å². The maximum atomic E-state index is 11.4. The Kier molecular flexibility index (Phi) is 3.45. The van der Waals surface area contributed by atoms with E-state index in [0.717, 1.165) is 0 Å². The highest BCUT2D eigenvalue weighted by atomic mass is 16.1. The zero-order chi connectivity index (χ0) is 10.4. The third-order valence-corrected chi connectivity index (χ3v) is 1.68. The Balaban J connectivity index is 2.89. The van der Waals surface area contributed by atoms with E-state index in [0.29, 0.717) is 17.4 Å². The fourth-order valence-corrected chi connectivity index (χ4v) is 1.03. The molecule has 0 fully saturated rings. The van der Waals surface area contributed by atoms with Crippen molar-refractivity contribution in [2.75, 3.05) is 6.54 Å². The number of nitrogens with one attached hydrogen (secondary N) is 1. The topological polar surface area (TPSA) is 46.2 Å². The Morgan fingerprint density at radius 2 is 2.21 bits per heavy atom. The molecule has 0 bridgehead atoms. The van der Waals surface area contributed by atoms with Gasteiger partial charge in [-0.15, -0.1) is 6.42 Å². The summed E-state index contributed by atoms with van der Waals surface area (Å²) in [5.74, 6) is 1.96. The molecule has 0 aromatic heterocycles. The van der Waals surface area contributed by atoms with Crippen LogP contribution in [0.1, 0.15) is 20.7 Å². The molecule has 1 rings (SSSR count). The quantitative estimate of drug-likeness (QED) is 0.563. The summed E-state index contributed by atoms with van der Waals surface area (Å²) in [4.78, 5) is 22.0. The molecule has 0 aliphatic heterocycles. The predicted octanol–water partition coefficient (Wildman–Crippen LogP) is 0.862. The first-order valence-electron chi connectivity index (χ1n) is 4.05. The van der Waals surface area contributed by atoms with Crippen molar-refractivity contribution >= 4 is 12.2 Å². The molecule has 3 nitrogen and oxygen atoms in total. The first-order valence-corrected chi connectivity index (χ1v) is 4.05. The number of aldehydes is 1. The molecule has 0 spiro atoms. The van der Waals surface area contributed by atoms with Crippen LogP contribution in [0, 0.1) is 12.3 Å². The maximum absolute atomic E-state index is 11.4. The lowest BCUT2D eigenvalue weighted by molar-refractivity contribution is 0.0953. The summed E-state index contributed by atoms with van der Waals surface area (Å²) >= 11 is 0. The van der Waals surface area contributed by atoms with E-state index in [1.165, 1.54) is 0 Å². The van der Waals surface area contributed by atoms with Crippen LogP contribution in [0.15, 0.2) is 24.3 Å². The van der Waals surface area contributed by atoms with Crippen LogP contribution in [-0.2, 0) is 0 Å². The summed E-state index contributed by atoms with van der Waals surface area (Å²) in [7, 11) is 0. The molecule has 1 amide bonds. The van der Waals surface area contributed by atoms with Gasteiger partial charge in [0, 0.05) is 11.1 Å². The van der Waals surface area contributed by atoms with E-state index < -0.39 is 0 Å². The van der Waals surface area contributed by atoms with E-state index in [1.807, 2.05) is 0 Å². The van der Waals surface area contributed by atoms with Crippen molar-refractivity contribution in [3.63, 3.8) is 0 Å². The minimum atomic E-state index is -0.328. The molecule has 0 atom stereocenters. The lowest BCUT2D eigenvalue weighted by atomic mass is 10.1. The second-order valence-corrected chi connectivity index (χ2v) is 2.59. The highest BCUT2D eigenvalue weighted by Crippen LogP contribution is 2.05. The molecule has 0 aliphatic carbocycles. The SMILES string of the molecule is C#CCNC(=O)c1ccccc1C=O. The molecule has 1 aromatic rings. The Morgan fingerprint density at radius 3 is 2.86 bits per heavy atom. The van der Waals surface area contributed by atoms with Crippen LogP contribution in [0.4, 0.5) is 0 Å². The number of hydrogen-bond donors (Lipinski definition) is 1. The van der Waals surface area contributed by atoms with Crippen LogP contribution in [0.2, 0.25) is 0 Å². The first kappa shape index (κ1) is 10.0. The van der Waals surface area contributed by atoms with Crippen molar-refractivity contribution in [1.29, 1.82) is 0 Å². The monoisotopic (exact) mass is 187 g/mol. The number of benzene rings is 1. The van der Waals surface area contributed by atoms with Gasteiger partial charge in [-0.05, 0) is 6.07 Å². The summed E-state index contributed by atoms with van der Waals surface area (Å²) in [6.07, 6.45) is 5.63. The van der Waals surface area contributed by atoms with Crippen LogP contribution in [-0.4, -0.2) is 18.7 Å². The van der Waals surface area contributed by atoms with Crippen molar-refractivity contribution in [2.45, 2.75) is 0 Å². The minimum Gasteiger partial charge on any atom is -0.341 e. The Bertz CT molecular complexity index is 391. The average molecular weight is 187 g/mol. The van der Waals surface area contributed by atoms with Gasteiger partial charge in [0.05, 0.1) is 6.54 Å². The van der Waals surface area contributed by atoms with E-state index in [4.69, 9.17) is 6.42 Å². The fourth-order valence-electron chi connectivity index (χ4n) is 1.03. The number of carbonyl (C=O) groups excluding carboxylic acids is 2. The van der Waals surface area contributed by atoms with Crippen molar-refractivity contribution in [3.8, 4) is 12.3 Å². The molecule has 14 heavy (non-hydrogen) atoms. The summed E-state index contributed by atoms with van der Waals surface area (Å²) in [6, 6.07) is 6.55. The first-order chi connectivity index (χ1) is 6.79. The second kappa shape index (κ2) is 4.83. The van der Waals surface area contributed by atoms with Crippen molar-refractivity contribution in [3.05, 3.63) is 35.4 Å². The summed E-state index contributed by atoms with van der Waals surface area (Å²) in [6.45, 7) is 0.159. The molecule has 1 aromatic carbocycles. The number of carbonyl (C=O) groups is 2. The van der Waals surface area contributed by atoms with Gasteiger partial charge in [-0.3, -0.25) is 9.59 Å². The van der Waals surface area contributed by atoms with Crippen LogP contribution in [0.3, 0.4) is 0 Å². The Morgan fingerprint density at radius 1 is 1.50 bits per heavy atom. The van der Waals surface area contributed by atoms with Crippen molar-refractivity contribution < 1.29 is 9.59 Å². The average Bonchev–Trinajstić information content (AvgIpc) is 2.25. The molecule has 70 valence electrons. The van der Waals surface area contributed by atoms with Gasteiger partial charge in [-0.2, -0.15) is 0 Å². The van der Waals surface area contributed by atoms with Crippen molar-refractivity contribution in [1.82, 2.24) is 5.32 Å². The third kappa shape index (κ3) is 2.20. The van der Waals surface area contributed by atoms with Crippen LogP contribution >= 0.6 is 0 Å². The molecule has 1 N–H and O–H groups in total. The number of amides is 1. The predicted molar refractivity (Wildman–Crippen MR) is 53.0 cm³/mol. The summed E-state index contributed by atoms with van der Waals surface area (Å²) in [5, 5.41) is 2.49. The second-order valence-electron chi connectivity index (χ2n) is 2.59. The van der Waals surface area contributed by atoms with Crippen LogP contribution in [0.25, 0.3) is 0 Å². The molecule has 0 radical (unpaired) electrons. The van der Waals surface area contributed by atoms with Gasteiger partial charge >= 0.3 is 0 Å². The third-order valence-electron chi connectivity index (χ3n) is 1.68. The highest BCUT2D eigenvalue weighted by molar-refractivity contribution is 6.01. The van der Waals surface area contributed by atoms with Gasteiger partial charge in [0.15, 0.2) is 6.29 Å². The normalized spacial score (nSPS) is 8.79. The van der Waals surface area contributed by atoms with E-state index in [2.05, 4.69) is 11.2 Å². The summed E-state index contributed by atoms with van der Waals surface area (Å²) < 4.78 is 0. The molecular weight excluding hydrogens is 178 g/mol. The lowest BCUT2D eigenvalue weighted by Crippen LogP contribution is -2.24. The Hall–Kier alpha value is -2.08. The molecule has 0 aliphatic rings. The van der Waals surface area contributed by atoms with Crippen LogP contribution < -0.4 is 5.32 Å². The Labute approximate surface area is 82.1 Å². The molecule has 0 unspecified atom stereocenters. The van der Waals surface area contributed by atoms with Gasteiger partial charge < -0.3 is 5.32 Å². The van der Waals surface area contributed by atoms with Gasteiger partial charge in [0.2, 0.25) is 0 Å². The zero-order valence-corrected chi connectivity index (χ0v) is 7.49. The molecule has 0 saturated heterocycles. The van der Waals surface area contributed by atoms with E-state index >= 15 is 0 Å². The number of hydrogen-bond acceptors (Lipinski definition) is 2. The van der Waals surface area contributed by atoms with Crippen LogP contribution in [0.5, 0.6) is 0 Å². The maximum Gasteiger partial charge on any atom is 0.252 e. The number of rotatable bonds is 3. The van der Waals surface area contributed by atoms with E-state index in [-0.39, 0.29) is 12.5 Å².